The maximum atomic E-state index is 5.70. The van der Waals surface area contributed by atoms with Gasteiger partial charge in [-0.05, 0) is 19.8 Å². The fraction of sp³-hybridized carbons (Fsp3) is 0.700. The molecule has 0 aliphatic carbocycles. The van der Waals surface area contributed by atoms with E-state index in [0.717, 1.165) is 25.8 Å². The molecule has 0 saturated heterocycles. The fourth-order valence-corrected chi connectivity index (χ4v) is 1.34. The normalized spacial score (nSPS) is 13.2. The van der Waals surface area contributed by atoms with Gasteiger partial charge in [0.15, 0.2) is 0 Å². The molecule has 1 aromatic heterocycles. The van der Waals surface area contributed by atoms with E-state index in [2.05, 4.69) is 16.5 Å². The molecular weight excluding hydrogens is 162 g/mol. The Morgan fingerprint density at radius 3 is 3.00 bits per heavy atom. The maximum Gasteiger partial charge on any atom is 0.108 e. The molecule has 1 heterocycles. The van der Waals surface area contributed by atoms with Crippen molar-refractivity contribution in [2.45, 2.75) is 45.7 Å². The van der Waals surface area contributed by atoms with Gasteiger partial charge in [0.25, 0.3) is 0 Å². The maximum absolute atomic E-state index is 5.70. The third-order valence-corrected chi connectivity index (χ3v) is 2.10. The lowest BCUT2D eigenvalue weighted by Crippen LogP contribution is -2.18. The Morgan fingerprint density at radius 2 is 2.38 bits per heavy atom. The quantitative estimate of drug-likeness (QED) is 0.749. The molecule has 2 N–H and O–H groups in total. The minimum absolute atomic E-state index is 0.275. The van der Waals surface area contributed by atoms with Crippen molar-refractivity contribution in [1.29, 1.82) is 0 Å². The first-order valence-corrected chi connectivity index (χ1v) is 4.99. The van der Waals surface area contributed by atoms with Gasteiger partial charge in [-0.2, -0.15) is 0 Å². The van der Waals surface area contributed by atoms with Gasteiger partial charge in [0, 0.05) is 31.4 Å². The van der Waals surface area contributed by atoms with E-state index < -0.39 is 0 Å². The largest absolute Gasteiger partial charge is 0.335 e. The van der Waals surface area contributed by atoms with Crippen molar-refractivity contribution in [2.24, 2.45) is 5.73 Å². The summed E-state index contributed by atoms with van der Waals surface area (Å²) < 4.78 is 2.20. The van der Waals surface area contributed by atoms with Gasteiger partial charge in [0.2, 0.25) is 0 Å². The molecule has 1 rings (SSSR count). The van der Waals surface area contributed by atoms with E-state index >= 15 is 0 Å². The Hall–Kier alpha value is -0.830. The number of hydrogen-bond donors (Lipinski definition) is 1. The highest BCUT2D eigenvalue weighted by Crippen LogP contribution is 2.03. The molecule has 3 heteroatoms. The molecule has 0 fully saturated rings. The van der Waals surface area contributed by atoms with Crippen molar-refractivity contribution in [3.63, 3.8) is 0 Å². The molecule has 1 unspecified atom stereocenters. The lowest BCUT2D eigenvalue weighted by molar-refractivity contribution is 0.551. The number of imidazole rings is 1. The lowest BCUT2D eigenvalue weighted by atomic mass is 10.2. The fourth-order valence-electron chi connectivity index (χ4n) is 1.34. The van der Waals surface area contributed by atoms with Gasteiger partial charge >= 0.3 is 0 Å². The standard InChI is InChI=1S/C10H19N3/c1-3-4-10-12-6-8-13(10)7-5-9(2)11/h6,8-9H,3-5,7,11H2,1-2H3. The first-order valence-electron chi connectivity index (χ1n) is 4.99. The molecule has 1 atom stereocenters. The molecule has 0 radical (unpaired) electrons. The highest BCUT2D eigenvalue weighted by molar-refractivity contribution is 4.92. The molecule has 0 aromatic carbocycles. The second-order valence-corrected chi connectivity index (χ2v) is 3.55. The van der Waals surface area contributed by atoms with E-state index in [4.69, 9.17) is 5.73 Å². The van der Waals surface area contributed by atoms with Crippen LogP contribution in [0.5, 0.6) is 0 Å². The average molecular weight is 181 g/mol. The second kappa shape index (κ2) is 5.02. The predicted molar refractivity (Wildman–Crippen MR) is 54.5 cm³/mol. The van der Waals surface area contributed by atoms with Crippen LogP contribution in [0.25, 0.3) is 0 Å². The van der Waals surface area contributed by atoms with Crippen LogP contribution in [-0.4, -0.2) is 15.6 Å². The Bertz CT molecular complexity index is 240. The van der Waals surface area contributed by atoms with Gasteiger partial charge in [-0.15, -0.1) is 0 Å². The summed E-state index contributed by atoms with van der Waals surface area (Å²) in [4.78, 5) is 4.31. The Morgan fingerprint density at radius 1 is 1.62 bits per heavy atom. The molecule has 3 nitrogen and oxygen atoms in total. The number of nitrogens with zero attached hydrogens (tertiary/aromatic N) is 2. The van der Waals surface area contributed by atoms with Crippen molar-refractivity contribution in [2.75, 3.05) is 0 Å². The second-order valence-electron chi connectivity index (χ2n) is 3.55. The number of hydrogen-bond acceptors (Lipinski definition) is 2. The molecule has 0 amide bonds. The number of aryl methyl sites for hydroxylation is 2. The minimum Gasteiger partial charge on any atom is -0.335 e. The van der Waals surface area contributed by atoms with Crippen molar-refractivity contribution in [1.82, 2.24) is 9.55 Å². The van der Waals surface area contributed by atoms with Crippen molar-refractivity contribution in [3.05, 3.63) is 18.2 Å². The van der Waals surface area contributed by atoms with Crippen LogP contribution in [0.15, 0.2) is 12.4 Å². The highest BCUT2D eigenvalue weighted by atomic mass is 15.1. The van der Waals surface area contributed by atoms with Gasteiger partial charge in [0.1, 0.15) is 5.82 Å². The number of rotatable bonds is 5. The predicted octanol–water partition coefficient (Wildman–Crippen LogP) is 1.57. The van der Waals surface area contributed by atoms with Crippen molar-refractivity contribution < 1.29 is 0 Å². The van der Waals surface area contributed by atoms with Crippen LogP contribution < -0.4 is 5.73 Å². The van der Waals surface area contributed by atoms with E-state index in [-0.39, 0.29) is 6.04 Å². The number of nitrogens with two attached hydrogens (primary N) is 1. The van der Waals surface area contributed by atoms with Gasteiger partial charge < -0.3 is 10.3 Å². The summed E-state index contributed by atoms with van der Waals surface area (Å²) in [6.45, 7) is 5.20. The Balaban J connectivity index is 2.49. The first kappa shape index (κ1) is 10.3. The molecule has 0 saturated carbocycles. The first-order chi connectivity index (χ1) is 6.24. The van der Waals surface area contributed by atoms with Crippen LogP contribution in [0.4, 0.5) is 0 Å². The van der Waals surface area contributed by atoms with E-state index in [1.54, 1.807) is 0 Å². The van der Waals surface area contributed by atoms with E-state index in [1.807, 2.05) is 19.3 Å². The summed E-state index contributed by atoms with van der Waals surface area (Å²) >= 11 is 0. The number of aromatic nitrogens is 2. The van der Waals surface area contributed by atoms with Crippen LogP contribution in [0.3, 0.4) is 0 Å². The van der Waals surface area contributed by atoms with Gasteiger partial charge in [-0.3, -0.25) is 0 Å². The van der Waals surface area contributed by atoms with Gasteiger partial charge in [-0.1, -0.05) is 6.92 Å². The summed E-state index contributed by atoms with van der Waals surface area (Å²) in [7, 11) is 0. The molecule has 1 aromatic rings. The van der Waals surface area contributed by atoms with E-state index in [0.29, 0.717) is 0 Å². The lowest BCUT2D eigenvalue weighted by Gasteiger charge is -2.08. The Kier molecular flexibility index (Phi) is 3.96. The summed E-state index contributed by atoms with van der Waals surface area (Å²) in [5.74, 6) is 1.18. The van der Waals surface area contributed by atoms with Crippen LogP contribution in [0.2, 0.25) is 0 Å². The smallest absolute Gasteiger partial charge is 0.108 e. The van der Waals surface area contributed by atoms with Crippen LogP contribution in [0, 0.1) is 0 Å². The highest BCUT2D eigenvalue weighted by Gasteiger charge is 2.01. The summed E-state index contributed by atoms with van der Waals surface area (Å²) in [5, 5.41) is 0. The molecular formula is C10H19N3. The summed E-state index contributed by atoms with van der Waals surface area (Å²) in [6.07, 6.45) is 7.13. The third-order valence-electron chi connectivity index (χ3n) is 2.10. The van der Waals surface area contributed by atoms with E-state index in [9.17, 15) is 0 Å². The van der Waals surface area contributed by atoms with E-state index in [1.165, 1.54) is 5.82 Å². The molecule has 13 heavy (non-hydrogen) atoms. The molecule has 0 aliphatic rings. The summed E-state index contributed by atoms with van der Waals surface area (Å²) in [6, 6.07) is 0.275. The topological polar surface area (TPSA) is 43.8 Å². The van der Waals surface area contributed by atoms with Crippen molar-refractivity contribution >= 4 is 0 Å². The van der Waals surface area contributed by atoms with Gasteiger partial charge in [0.05, 0.1) is 0 Å². The zero-order chi connectivity index (χ0) is 9.68. The summed E-state index contributed by atoms with van der Waals surface area (Å²) in [5.41, 5.74) is 5.70. The molecule has 0 aliphatic heterocycles. The zero-order valence-corrected chi connectivity index (χ0v) is 8.53. The van der Waals surface area contributed by atoms with Crippen molar-refractivity contribution in [3.8, 4) is 0 Å². The third kappa shape index (κ3) is 3.19. The average Bonchev–Trinajstić information content (AvgIpc) is 2.49. The van der Waals surface area contributed by atoms with Crippen LogP contribution >= 0.6 is 0 Å². The van der Waals surface area contributed by atoms with Crippen LogP contribution in [-0.2, 0) is 13.0 Å². The van der Waals surface area contributed by atoms with Crippen LogP contribution in [0.1, 0.15) is 32.5 Å². The molecule has 0 bridgehead atoms. The molecule has 74 valence electrons. The minimum atomic E-state index is 0.275. The monoisotopic (exact) mass is 181 g/mol. The Labute approximate surface area is 80.0 Å². The van der Waals surface area contributed by atoms with Gasteiger partial charge in [-0.25, -0.2) is 4.98 Å². The zero-order valence-electron chi connectivity index (χ0n) is 8.53. The SMILES string of the molecule is CCCc1nccn1CCC(C)N. The molecule has 0 spiro atoms.